The molecule has 2 aromatic carbocycles. The van der Waals surface area contributed by atoms with Crippen molar-refractivity contribution in [2.24, 2.45) is 0 Å². The lowest BCUT2D eigenvalue weighted by Gasteiger charge is -2.09. The van der Waals surface area contributed by atoms with Crippen LogP contribution in [-0.4, -0.2) is 15.8 Å². The van der Waals surface area contributed by atoms with E-state index in [9.17, 15) is 10.1 Å². The first kappa shape index (κ1) is 15.3. The fraction of sp³-hybridized carbons (Fsp3) is 0.167. The summed E-state index contributed by atoms with van der Waals surface area (Å²) in [4.78, 5) is 20.0. The number of hydrogen-bond donors (Lipinski definition) is 1. The lowest BCUT2D eigenvalue weighted by Crippen LogP contribution is -2.12. The van der Waals surface area contributed by atoms with Crippen LogP contribution in [0.4, 0.5) is 0 Å². The van der Waals surface area contributed by atoms with E-state index in [0.29, 0.717) is 17.0 Å². The maximum absolute atomic E-state index is 12.4. The predicted octanol–water partition coefficient (Wildman–Crippen LogP) is 4.03. The van der Waals surface area contributed by atoms with Gasteiger partial charge in [0.05, 0.1) is 17.1 Å². The number of carbonyl (C=O) groups is 1. The molecule has 0 aliphatic rings. The molecule has 1 unspecified atom stereocenters. The topological polar surface area (TPSA) is 69.5 Å². The summed E-state index contributed by atoms with van der Waals surface area (Å²) < 4.78 is 0. The molecule has 1 heterocycles. The van der Waals surface area contributed by atoms with E-state index in [1.54, 1.807) is 24.3 Å². The molecule has 0 fully saturated rings. The van der Waals surface area contributed by atoms with Crippen LogP contribution in [0.1, 0.15) is 23.7 Å². The van der Waals surface area contributed by atoms with E-state index >= 15 is 0 Å². The Morgan fingerprint density at radius 1 is 1.22 bits per heavy atom. The summed E-state index contributed by atoms with van der Waals surface area (Å²) in [6.45, 7) is 0. The van der Waals surface area contributed by atoms with Crippen LogP contribution < -0.4 is 0 Å². The molecule has 114 valence electrons. The smallest absolute Gasteiger partial charge is 0.154 e. The first-order chi connectivity index (χ1) is 11.2. The Labute approximate surface area is 138 Å². The normalized spacial score (nSPS) is 12.0. The summed E-state index contributed by atoms with van der Waals surface area (Å²) in [5.74, 6) is -0.246. The summed E-state index contributed by atoms with van der Waals surface area (Å²) in [5, 5.41) is 9.77. The third kappa shape index (κ3) is 3.25. The van der Waals surface area contributed by atoms with Crippen molar-refractivity contribution in [2.45, 2.75) is 18.8 Å². The second kappa shape index (κ2) is 6.64. The molecule has 5 heteroatoms. The van der Waals surface area contributed by atoms with Crippen LogP contribution in [0.5, 0.6) is 0 Å². The third-order valence-corrected chi connectivity index (χ3v) is 4.06. The number of nitriles is 1. The van der Waals surface area contributed by atoms with Crippen LogP contribution in [0.15, 0.2) is 48.5 Å². The van der Waals surface area contributed by atoms with Gasteiger partial charge in [-0.1, -0.05) is 41.9 Å². The molecule has 0 aliphatic heterocycles. The molecular weight excluding hydrogens is 310 g/mol. The van der Waals surface area contributed by atoms with E-state index in [-0.39, 0.29) is 12.2 Å². The maximum atomic E-state index is 12.4. The number of para-hydroxylation sites is 2. The standard InChI is InChI=1S/C18H14ClN3O/c19-14-6-2-1-5-12(14)13(11-20)17(23)9-10-18-21-15-7-3-4-8-16(15)22-18/h1-8,13H,9-10H2,(H,21,22). The number of benzene rings is 2. The first-order valence-corrected chi connectivity index (χ1v) is 7.67. The molecule has 0 saturated carbocycles. The van der Waals surface area contributed by atoms with Crippen LogP contribution in [0.3, 0.4) is 0 Å². The van der Waals surface area contributed by atoms with Crippen LogP contribution >= 0.6 is 11.6 Å². The number of carbonyl (C=O) groups excluding carboxylic acids is 1. The number of nitrogens with zero attached hydrogens (tertiary/aromatic N) is 2. The number of aromatic nitrogens is 2. The van der Waals surface area contributed by atoms with Gasteiger partial charge in [0, 0.05) is 17.9 Å². The van der Waals surface area contributed by atoms with E-state index < -0.39 is 5.92 Å². The highest BCUT2D eigenvalue weighted by molar-refractivity contribution is 6.31. The van der Waals surface area contributed by atoms with Crippen molar-refractivity contribution in [3.8, 4) is 6.07 Å². The molecular formula is C18H14ClN3O. The second-order valence-corrected chi connectivity index (χ2v) is 5.66. The lowest BCUT2D eigenvalue weighted by molar-refractivity contribution is -0.119. The van der Waals surface area contributed by atoms with Gasteiger partial charge < -0.3 is 4.98 Å². The second-order valence-electron chi connectivity index (χ2n) is 5.25. The molecule has 3 aromatic rings. The monoisotopic (exact) mass is 323 g/mol. The zero-order valence-electron chi connectivity index (χ0n) is 12.3. The molecule has 3 rings (SSSR count). The Morgan fingerprint density at radius 2 is 1.96 bits per heavy atom. The fourth-order valence-corrected chi connectivity index (χ4v) is 2.78. The minimum Gasteiger partial charge on any atom is -0.342 e. The van der Waals surface area contributed by atoms with Crippen molar-refractivity contribution in [3.63, 3.8) is 0 Å². The Kier molecular flexibility index (Phi) is 4.40. The van der Waals surface area contributed by atoms with Crippen molar-refractivity contribution >= 4 is 28.4 Å². The minimum atomic E-state index is -0.840. The summed E-state index contributed by atoms with van der Waals surface area (Å²) in [7, 11) is 0. The van der Waals surface area contributed by atoms with Crippen LogP contribution in [-0.2, 0) is 11.2 Å². The van der Waals surface area contributed by atoms with Gasteiger partial charge in [-0.05, 0) is 23.8 Å². The molecule has 1 atom stereocenters. The molecule has 0 bridgehead atoms. The van der Waals surface area contributed by atoms with E-state index in [1.165, 1.54) is 0 Å². The number of imidazole rings is 1. The van der Waals surface area contributed by atoms with E-state index in [2.05, 4.69) is 16.0 Å². The van der Waals surface area contributed by atoms with Gasteiger partial charge in [-0.3, -0.25) is 4.79 Å². The highest BCUT2D eigenvalue weighted by atomic mass is 35.5. The quantitative estimate of drug-likeness (QED) is 0.770. The average Bonchev–Trinajstić information content (AvgIpc) is 2.98. The molecule has 0 spiro atoms. The summed E-state index contributed by atoms with van der Waals surface area (Å²) >= 11 is 6.09. The number of aryl methyl sites for hydroxylation is 1. The van der Waals surface area contributed by atoms with Crippen LogP contribution in [0.2, 0.25) is 5.02 Å². The van der Waals surface area contributed by atoms with E-state index in [4.69, 9.17) is 11.6 Å². The van der Waals surface area contributed by atoms with Crippen molar-refractivity contribution in [2.75, 3.05) is 0 Å². The number of fused-ring (bicyclic) bond motifs is 1. The molecule has 0 saturated heterocycles. The van der Waals surface area contributed by atoms with Gasteiger partial charge in [-0.25, -0.2) is 4.98 Å². The Morgan fingerprint density at radius 3 is 2.70 bits per heavy atom. The Balaban J connectivity index is 1.73. The fourth-order valence-electron chi connectivity index (χ4n) is 2.53. The zero-order valence-corrected chi connectivity index (χ0v) is 13.0. The van der Waals surface area contributed by atoms with Gasteiger partial charge in [0.1, 0.15) is 11.7 Å². The highest BCUT2D eigenvalue weighted by Crippen LogP contribution is 2.26. The molecule has 4 nitrogen and oxygen atoms in total. The number of Topliss-reactive ketones (excluding diaryl/α,β-unsaturated/α-hetero) is 1. The van der Waals surface area contributed by atoms with Crippen molar-refractivity contribution < 1.29 is 4.79 Å². The van der Waals surface area contributed by atoms with Gasteiger partial charge in [0.15, 0.2) is 5.78 Å². The first-order valence-electron chi connectivity index (χ1n) is 7.29. The SMILES string of the molecule is N#CC(C(=O)CCc1nc2ccccc2[nH]1)c1ccccc1Cl. The lowest BCUT2D eigenvalue weighted by atomic mass is 9.93. The summed E-state index contributed by atoms with van der Waals surface area (Å²) in [6, 6.07) is 16.7. The Bertz CT molecular complexity index is 861. The zero-order chi connectivity index (χ0) is 16.2. The van der Waals surface area contributed by atoms with E-state index in [0.717, 1.165) is 16.9 Å². The van der Waals surface area contributed by atoms with Crippen LogP contribution in [0, 0.1) is 11.3 Å². The molecule has 1 N–H and O–H groups in total. The van der Waals surface area contributed by atoms with Gasteiger partial charge in [0.25, 0.3) is 0 Å². The van der Waals surface area contributed by atoms with Gasteiger partial charge in [-0.2, -0.15) is 5.26 Å². The van der Waals surface area contributed by atoms with Gasteiger partial charge >= 0.3 is 0 Å². The number of hydrogen-bond acceptors (Lipinski definition) is 3. The minimum absolute atomic E-state index is 0.152. The number of H-pyrrole nitrogens is 1. The van der Waals surface area contributed by atoms with Crippen LogP contribution in [0.25, 0.3) is 11.0 Å². The Hall–Kier alpha value is -2.64. The summed E-state index contributed by atoms with van der Waals surface area (Å²) in [6.07, 6.45) is 0.708. The van der Waals surface area contributed by atoms with Crippen molar-refractivity contribution in [1.29, 1.82) is 5.26 Å². The maximum Gasteiger partial charge on any atom is 0.154 e. The molecule has 0 amide bonds. The number of ketones is 1. The van der Waals surface area contributed by atoms with Crippen molar-refractivity contribution in [3.05, 3.63) is 64.9 Å². The number of aromatic amines is 1. The predicted molar refractivity (Wildman–Crippen MR) is 89.2 cm³/mol. The molecule has 0 radical (unpaired) electrons. The number of rotatable bonds is 5. The summed E-state index contributed by atoms with van der Waals surface area (Å²) in [5.41, 5.74) is 2.38. The third-order valence-electron chi connectivity index (χ3n) is 3.71. The highest BCUT2D eigenvalue weighted by Gasteiger charge is 2.22. The molecule has 0 aliphatic carbocycles. The van der Waals surface area contributed by atoms with Gasteiger partial charge in [0.2, 0.25) is 0 Å². The molecule has 23 heavy (non-hydrogen) atoms. The van der Waals surface area contributed by atoms with Crippen molar-refractivity contribution in [1.82, 2.24) is 9.97 Å². The molecule has 1 aromatic heterocycles. The number of nitrogens with one attached hydrogen (secondary N) is 1. The largest absolute Gasteiger partial charge is 0.342 e. The van der Waals surface area contributed by atoms with Gasteiger partial charge in [-0.15, -0.1) is 0 Å². The average molecular weight is 324 g/mol. The van der Waals surface area contributed by atoms with E-state index in [1.807, 2.05) is 24.3 Å². The number of halogens is 1.